The molecule has 0 aliphatic carbocycles. The molecule has 2 rings (SSSR count). The first-order valence-corrected chi connectivity index (χ1v) is 5.78. The first kappa shape index (κ1) is 11.1. The molecule has 0 atom stereocenters. The fourth-order valence-corrected chi connectivity index (χ4v) is 2.10. The number of benzene rings is 1. The molecule has 1 heterocycles. The fraction of sp³-hybridized carbons (Fsp3) is 0.462. The van der Waals surface area contributed by atoms with Gasteiger partial charge in [-0.05, 0) is 30.0 Å². The smallest absolute Gasteiger partial charge is 0.254 e. The van der Waals surface area contributed by atoms with E-state index in [0.29, 0.717) is 19.5 Å². The minimum Gasteiger partial charge on any atom is -0.396 e. The molecular weight excluding hydrogens is 202 g/mol. The van der Waals surface area contributed by atoms with Crippen LogP contribution in [0.5, 0.6) is 0 Å². The molecule has 0 unspecified atom stereocenters. The Labute approximate surface area is 95.7 Å². The van der Waals surface area contributed by atoms with Gasteiger partial charge in [0.1, 0.15) is 0 Å². The van der Waals surface area contributed by atoms with Crippen molar-refractivity contribution in [2.45, 2.75) is 26.3 Å². The molecule has 86 valence electrons. The molecule has 0 fully saturated rings. The predicted molar refractivity (Wildman–Crippen MR) is 62.3 cm³/mol. The van der Waals surface area contributed by atoms with Crippen LogP contribution in [0.25, 0.3) is 0 Å². The second-order valence-electron chi connectivity index (χ2n) is 4.15. The highest BCUT2D eigenvalue weighted by Gasteiger charge is 2.26. The Kier molecular flexibility index (Phi) is 3.25. The SMILES string of the molecule is CCc1ccc2c(c1)CN(CCCO)C2=O. The molecule has 0 spiro atoms. The molecule has 0 saturated carbocycles. The molecule has 0 saturated heterocycles. The summed E-state index contributed by atoms with van der Waals surface area (Å²) in [5.74, 6) is 0.103. The van der Waals surface area contributed by atoms with Gasteiger partial charge >= 0.3 is 0 Å². The Balaban J connectivity index is 2.17. The monoisotopic (exact) mass is 219 g/mol. The number of carbonyl (C=O) groups excluding carboxylic acids is 1. The van der Waals surface area contributed by atoms with Crippen molar-refractivity contribution in [3.8, 4) is 0 Å². The Bertz CT molecular complexity index is 401. The lowest BCUT2D eigenvalue weighted by Crippen LogP contribution is -2.25. The molecular formula is C13H17NO2. The van der Waals surface area contributed by atoms with E-state index in [4.69, 9.17) is 5.11 Å². The van der Waals surface area contributed by atoms with Crippen molar-refractivity contribution in [1.82, 2.24) is 4.90 Å². The average molecular weight is 219 g/mol. The molecule has 1 aromatic carbocycles. The number of hydrogen-bond acceptors (Lipinski definition) is 2. The number of amides is 1. The van der Waals surface area contributed by atoms with Crippen molar-refractivity contribution in [2.24, 2.45) is 0 Å². The Morgan fingerprint density at radius 3 is 2.94 bits per heavy atom. The summed E-state index contributed by atoms with van der Waals surface area (Å²) < 4.78 is 0. The maximum atomic E-state index is 11.9. The first-order chi connectivity index (χ1) is 7.76. The second-order valence-corrected chi connectivity index (χ2v) is 4.15. The zero-order valence-electron chi connectivity index (χ0n) is 9.57. The molecule has 1 amide bonds. The normalized spacial score (nSPS) is 14.4. The maximum Gasteiger partial charge on any atom is 0.254 e. The van der Waals surface area contributed by atoms with E-state index in [9.17, 15) is 4.79 Å². The summed E-state index contributed by atoms with van der Waals surface area (Å²) >= 11 is 0. The predicted octanol–water partition coefficient (Wildman–Crippen LogP) is 1.59. The van der Waals surface area contributed by atoms with Gasteiger partial charge in [0.2, 0.25) is 0 Å². The third-order valence-corrected chi connectivity index (χ3v) is 3.04. The lowest BCUT2D eigenvalue weighted by atomic mass is 10.0. The van der Waals surface area contributed by atoms with Gasteiger partial charge < -0.3 is 10.0 Å². The molecule has 3 heteroatoms. The van der Waals surface area contributed by atoms with E-state index >= 15 is 0 Å². The molecule has 1 aliphatic rings. The van der Waals surface area contributed by atoms with E-state index in [-0.39, 0.29) is 12.5 Å². The minimum absolute atomic E-state index is 0.103. The molecule has 1 aliphatic heterocycles. The molecule has 0 aromatic heterocycles. The van der Waals surface area contributed by atoms with E-state index in [0.717, 1.165) is 17.5 Å². The molecule has 0 radical (unpaired) electrons. The van der Waals surface area contributed by atoms with Crippen LogP contribution in [-0.4, -0.2) is 29.1 Å². The van der Waals surface area contributed by atoms with Crippen LogP contribution in [0.15, 0.2) is 18.2 Å². The number of fused-ring (bicyclic) bond motifs is 1. The number of aryl methyl sites for hydroxylation is 1. The summed E-state index contributed by atoms with van der Waals surface area (Å²) in [6, 6.07) is 6.06. The van der Waals surface area contributed by atoms with Gasteiger partial charge in [-0.2, -0.15) is 0 Å². The summed E-state index contributed by atoms with van der Waals surface area (Å²) in [4.78, 5) is 13.8. The largest absolute Gasteiger partial charge is 0.396 e. The highest BCUT2D eigenvalue weighted by Crippen LogP contribution is 2.24. The van der Waals surface area contributed by atoms with E-state index < -0.39 is 0 Å². The highest BCUT2D eigenvalue weighted by atomic mass is 16.3. The Hall–Kier alpha value is -1.35. The van der Waals surface area contributed by atoms with Crippen LogP contribution < -0.4 is 0 Å². The van der Waals surface area contributed by atoms with Crippen molar-refractivity contribution in [1.29, 1.82) is 0 Å². The van der Waals surface area contributed by atoms with Gasteiger partial charge in [-0.25, -0.2) is 0 Å². The molecule has 0 bridgehead atoms. The fourth-order valence-electron chi connectivity index (χ4n) is 2.10. The van der Waals surface area contributed by atoms with E-state index in [1.807, 2.05) is 12.1 Å². The number of hydrogen-bond donors (Lipinski definition) is 1. The van der Waals surface area contributed by atoms with Gasteiger partial charge in [-0.15, -0.1) is 0 Å². The quantitative estimate of drug-likeness (QED) is 0.835. The van der Waals surface area contributed by atoms with Crippen LogP contribution in [0.3, 0.4) is 0 Å². The summed E-state index contributed by atoms with van der Waals surface area (Å²) in [6.45, 7) is 3.59. The van der Waals surface area contributed by atoms with Crippen LogP contribution in [0.2, 0.25) is 0 Å². The average Bonchev–Trinajstić information content (AvgIpc) is 2.63. The number of aliphatic hydroxyl groups is 1. The van der Waals surface area contributed by atoms with Gasteiger partial charge in [0, 0.05) is 25.3 Å². The molecule has 1 aromatic rings. The topological polar surface area (TPSA) is 40.5 Å². The number of aliphatic hydroxyl groups excluding tert-OH is 1. The zero-order chi connectivity index (χ0) is 11.5. The number of rotatable bonds is 4. The van der Waals surface area contributed by atoms with Gasteiger partial charge in [-0.3, -0.25) is 4.79 Å². The van der Waals surface area contributed by atoms with Gasteiger partial charge in [-0.1, -0.05) is 19.1 Å². The number of carbonyl (C=O) groups is 1. The zero-order valence-corrected chi connectivity index (χ0v) is 9.57. The van der Waals surface area contributed by atoms with Crippen LogP contribution in [0.1, 0.15) is 34.8 Å². The third kappa shape index (κ3) is 1.95. The third-order valence-electron chi connectivity index (χ3n) is 3.04. The molecule has 16 heavy (non-hydrogen) atoms. The van der Waals surface area contributed by atoms with Crippen LogP contribution >= 0.6 is 0 Å². The first-order valence-electron chi connectivity index (χ1n) is 5.78. The van der Waals surface area contributed by atoms with Gasteiger partial charge in [0.25, 0.3) is 5.91 Å². The summed E-state index contributed by atoms with van der Waals surface area (Å²) in [6.07, 6.45) is 1.65. The van der Waals surface area contributed by atoms with E-state index in [2.05, 4.69) is 13.0 Å². The van der Waals surface area contributed by atoms with E-state index in [1.165, 1.54) is 5.56 Å². The molecule has 1 N–H and O–H groups in total. The second kappa shape index (κ2) is 4.66. The highest BCUT2D eigenvalue weighted by molar-refractivity contribution is 5.98. The summed E-state index contributed by atoms with van der Waals surface area (Å²) in [7, 11) is 0. The van der Waals surface area contributed by atoms with Crippen molar-refractivity contribution in [2.75, 3.05) is 13.2 Å². The van der Waals surface area contributed by atoms with Crippen molar-refractivity contribution < 1.29 is 9.90 Å². The van der Waals surface area contributed by atoms with Crippen LogP contribution in [0, 0.1) is 0 Å². The van der Waals surface area contributed by atoms with Crippen molar-refractivity contribution in [3.63, 3.8) is 0 Å². The lowest BCUT2D eigenvalue weighted by molar-refractivity contribution is 0.0768. The Morgan fingerprint density at radius 2 is 2.25 bits per heavy atom. The maximum absolute atomic E-state index is 11.9. The van der Waals surface area contributed by atoms with Crippen LogP contribution in [-0.2, 0) is 13.0 Å². The summed E-state index contributed by atoms with van der Waals surface area (Å²) in [5, 5.41) is 8.77. The lowest BCUT2D eigenvalue weighted by Gasteiger charge is -2.13. The van der Waals surface area contributed by atoms with Gasteiger partial charge in [0.05, 0.1) is 0 Å². The van der Waals surface area contributed by atoms with E-state index in [1.54, 1.807) is 4.90 Å². The van der Waals surface area contributed by atoms with Gasteiger partial charge in [0.15, 0.2) is 0 Å². The molecule has 3 nitrogen and oxygen atoms in total. The van der Waals surface area contributed by atoms with Crippen molar-refractivity contribution in [3.05, 3.63) is 34.9 Å². The van der Waals surface area contributed by atoms with Crippen molar-refractivity contribution >= 4 is 5.91 Å². The Morgan fingerprint density at radius 1 is 1.44 bits per heavy atom. The standard InChI is InChI=1S/C13H17NO2/c1-2-10-4-5-12-11(8-10)9-14(13(12)16)6-3-7-15/h4-5,8,15H,2-3,6-7,9H2,1H3. The van der Waals surface area contributed by atoms with Crippen LogP contribution in [0.4, 0.5) is 0 Å². The summed E-state index contributed by atoms with van der Waals surface area (Å²) in [5.41, 5.74) is 3.23. The minimum atomic E-state index is 0.103. The number of nitrogens with zero attached hydrogens (tertiary/aromatic N) is 1.